The van der Waals surface area contributed by atoms with Crippen molar-refractivity contribution in [3.63, 3.8) is 0 Å². The minimum Gasteiger partial charge on any atom is -0.375 e. The highest BCUT2D eigenvalue weighted by Crippen LogP contribution is 2.44. The number of aromatic nitrogens is 2. The molecular formula is C14H21N3O2. The summed E-state index contributed by atoms with van der Waals surface area (Å²) in [6.07, 6.45) is 9.21. The Kier molecular flexibility index (Phi) is 3.31. The van der Waals surface area contributed by atoms with Crippen molar-refractivity contribution >= 4 is 5.82 Å². The Hall–Kier alpha value is -1.36. The molecule has 1 saturated heterocycles. The molecule has 1 N–H and O–H groups in total. The van der Waals surface area contributed by atoms with Crippen LogP contribution in [0.25, 0.3) is 0 Å². The van der Waals surface area contributed by atoms with Crippen LogP contribution in [0.1, 0.15) is 32.1 Å². The molecule has 1 aromatic rings. The number of anilines is 1. The zero-order valence-electron chi connectivity index (χ0n) is 11.4. The van der Waals surface area contributed by atoms with E-state index in [-0.39, 0.29) is 11.2 Å². The first-order chi connectivity index (χ1) is 9.19. The maximum absolute atomic E-state index is 11.8. The largest absolute Gasteiger partial charge is 0.375 e. The summed E-state index contributed by atoms with van der Waals surface area (Å²) in [6, 6.07) is 0. The smallest absolute Gasteiger partial charge is 0.293 e. The fourth-order valence-corrected chi connectivity index (χ4v) is 3.08. The Bertz CT molecular complexity index is 508. The highest BCUT2D eigenvalue weighted by Gasteiger charge is 2.42. The number of ether oxygens (including phenoxy) is 1. The van der Waals surface area contributed by atoms with Crippen LogP contribution in [0.3, 0.4) is 0 Å². The Morgan fingerprint density at radius 1 is 1.58 bits per heavy atom. The molecule has 0 amide bonds. The van der Waals surface area contributed by atoms with Crippen molar-refractivity contribution in [1.82, 2.24) is 9.55 Å². The molecule has 0 aromatic carbocycles. The topological polar surface area (TPSA) is 56.1 Å². The number of rotatable bonds is 3. The van der Waals surface area contributed by atoms with Crippen LogP contribution in [0.2, 0.25) is 0 Å². The van der Waals surface area contributed by atoms with Gasteiger partial charge in [0.05, 0.1) is 5.60 Å². The average molecular weight is 263 g/mol. The van der Waals surface area contributed by atoms with Gasteiger partial charge in [-0.15, -0.1) is 0 Å². The zero-order chi connectivity index (χ0) is 13.3. The highest BCUT2D eigenvalue weighted by molar-refractivity contribution is 5.30. The molecule has 1 spiro atoms. The third kappa shape index (κ3) is 2.52. The number of nitrogens with zero attached hydrogens (tertiary/aromatic N) is 2. The second-order valence-electron chi connectivity index (χ2n) is 5.82. The molecule has 0 bridgehead atoms. The second-order valence-corrected chi connectivity index (χ2v) is 5.82. The van der Waals surface area contributed by atoms with E-state index in [2.05, 4.69) is 10.3 Å². The maximum Gasteiger partial charge on any atom is 0.293 e. The molecule has 0 radical (unpaired) electrons. The average Bonchev–Trinajstić information content (AvgIpc) is 2.39. The van der Waals surface area contributed by atoms with Crippen molar-refractivity contribution in [3.05, 3.63) is 22.7 Å². The molecule has 2 heterocycles. The molecule has 1 atom stereocenters. The number of hydrogen-bond donors (Lipinski definition) is 1. The lowest BCUT2D eigenvalue weighted by Crippen LogP contribution is -2.46. The van der Waals surface area contributed by atoms with Crippen molar-refractivity contribution in [2.24, 2.45) is 13.0 Å². The summed E-state index contributed by atoms with van der Waals surface area (Å²) in [5, 5.41) is 3.21. The molecule has 5 nitrogen and oxygen atoms in total. The Morgan fingerprint density at radius 2 is 2.42 bits per heavy atom. The van der Waals surface area contributed by atoms with E-state index in [0.29, 0.717) is 11.7 Å². The normalized spacial score (nSPS) is 25.0. The number of nitrogens with one attached hydrogen (secondary N) is 1. The molecule has 19 heavy (non-hydrogen) atoms. The van der Waals surface area contributed by atoms with E-state index in [1.165, 1.54) is 19.3 Å². The van der Waals surface area contributed by atoms with Crippen LogP contribution in [-0.2, 0) is 11.8 Å². The molecule has 2 aliphatic rings. The first kappa shape index (κ1) is 12.7. The third-order valence-electron chi connectivity index (χ3n) is 4.43. The van der Waals surface area contributed by atoms with Crippen LogP contribution in [0.15, 0.2) is 17.2 Å². The monoisotopic (exact) mass is 263 g/mol. The van der Waals surface area contributed by atoms with Gasteiger partial charge in [-0.3, -0.25) is 4.79 Å². The summed E-state index contributed by atoms with van der Waals surface area (Å²) in [5.41, 5.74) is 0.104. The lowest BCUT2D eigenvalue weighted by molar-refractivity contribution is -0.141. The number of aryl methyl sites for hydroxylation is 1. The van der Waals surface area contributed by atoms with Gasteiger partial charge in [-0.1, -0.05) is 0 Å². The highest BCUT2D eigenvalue weighted by atomic mass is 16.5. The number of hydrogen-bond acceptors (Lipinski definition) is 4. The van der Waals surface area contributed by atoms with Gasteiger partial charge in [0.1, 0.15) is 0 Å². The SMILES string of the molecule is Cn1ccnc(NCC2CCOC3(CCC3)C2)c1=O. The molecule has 2 fully saturated rings. The Balaban J connectivity index is 1.60. The van der Waals surface area contributed by atoms with E-state index >= 15 is 0 Å². The first-order valence-electron chi connectivity index (χ1n) is 7.08. The summed E-state index contributed by atoms with van der Waals surface area (Å²) >= 11 is 0. The van der Waals surface area contributed by atoms with Gasteiger partial charge in [0, 0.05) is 32.6 Å². The minimum absolute atomic E-state index is 0.0621. The van der Waals surface area contributed by atoms with Crippen molar-refractivity contribution in [2.75, 3.05) is 18.5 Å². The molecule has 1 aliphatic heterocycles. The third-order valence-corrected chi connectivity index (χ3v) is 4.43. The zero-order valence-corrected chi connectivity index (χ0v) is 11.4. The fraction of sp³-hybridized carbons (Fsp3) is 0.714. The van der Waals surface area contributed by atoms with E-state index in [1.54, 1.807) is 24.0 Å². The molecular weight excluding hydrogens is 242 g/mol. The predicted molar refractivity (Wildman–Crippen MR) is 73.2 cm³/mol. The fourth-order valence-electron chi connectivity index (χ4n) is 3.08. The molecule has 5 heteroatoms. The molecule has 1 aliphatic carbocycles. The Labute approximate surface area is 113 Å². The van der Waals surface area contributed by atoms with Crippen LogP contribution >= 0.6 is 0 Å². The summed E-state index contributed by atoms with van der Waals surface area (Å²) in [5.74, 6) is 1.04. The van der Waals surface area contributed by atoms with Gasteiger partial charge in [0.15, 0.2) is 5.82 Å². The molecule has 1 saturated carbocycles. The summed E-state index contributed by atoms with van der Waals surface area (Å²) in [7, 11) is 1.74. The van der Waals surface area contributed by atoms with Gasteiger partial charge >= 0.3 is 0 Å². The van der Waals surface area contributed by atoms with Gasteiger partial charge < -0.3 is 14.6 Å². The van der Waals surface area contributed by atoms with Crippen LogP contribution in [0.4, 0.5) is 5.82 Å². The van der Waals surface area contributed by atoms with Crippen LogP contribution in [-0.4, -0.2) is 28.3 Å². The van der Waals surface area contributed by atoms with Gasteiger partial charge in [-0.2, -0.15) is 0 Å². The van der Waals surface area contributed by atoms with Crippen molar-refractivity contribution in [3.8, 4) is 0 Å². The molecule has 3 rings (SSSR count). The molecule has 104 valence electrons. The van der Waals surface area contributed by atoms with E-state index in [9.17, 15) is 4.79 Å². The first-order valence-corrected chi connectivity index (χ1v) is 7.08. The Morgan fingerprint density at radius 3 is 3.16 bits per heavy atom. The molecule has 1 unspecified atom stereocenters. The van der Waals surface area contributed by atoms with E-state index in [1.807, 2.05) is 0 Å². The lowest BCUT2D eigenvalue weighted by atomic mass is 9.72. The lowest BCUT2D eigenvalue weighted by Gasteiger charge is -2.47. The maximum atomic E-state index is 11.8. The van der Waals surface area contributed by atoms with Gasteiger partial charge in [-0.25, -0.2) is 4.98 Å². The van der Waals surface area contributed by atoms with Crippen LogP contribution in [0.5, 0.6) is 0 Å². The van der Waals surface area contributed by atoms with Gasteiger partial charge in [0.2, 0.25) is 0 Å². The second kappa shape index (κ2) is 4.96. The van der Waals surface area contributed by atoms with Crippen molar-refractivity contribution < 1.29 is 4.74 Å². The van der Waals surface area contributed by atoms with Crippen molar-refractivity contribution in [2.45, 2.75) is 37.7 Å². The summed E-state index contributed by atoms with van der Waals surface area (Å²) in [6.45, 7) is 1.67. The standard InChI is InChI=1S/C14H21N3O2/c1-17-7-6-15-12(13(17)18)16-10-11-3-8-19-14(9-11)4-2-5-14/h6-7,11H,2-5,8-10H2,1H3,(H,15,16). The summed E-state index contributed by atoms with van der Waals surface area (Å²) < 4.78 is 7.47. The van der Waals surface area contributed by atoms with Gasteiger partial charge in [-0.05, 0) is 38.0 Å². The van der Waals surface area contributed by atoms with Crippen molar-refractivity contribution in [1.29, 1.82) is 0 Å². The quantitative estimate of drug-likeness (QED) is 0.898. The minimum atomic E-state index is -0.0621. The van der Waals surface area contributed by atoms with E-state index in [0.717, 1.165) is 26.0 Å². The van der Waals surface area contributed by atoms with Crippen LogP contribution in [0, 0.1) is 5.92 Å². The van der Waals surface area contributed by atoms with Crippen LogP contribution < -0.4 is 10.9 Å². The summed E-state index contributed by atoms with van der Waals surface area (Å²) in [4.78, 5) is 16.0. The van der Waals surface area contributed by atoms with E-state index < -0.39 is 0 Å². The molecule has 1 aromatic heterocycles. The van der Waals surface area contributed by atoms with Gasteiger partial charge in [0.25, 0.3) is 5.56 Å². The van der Waals surface area contributed by atoms with E-state index in [4.69, 9.17) is 4.74 Å². The predicted octanol–water partition coefficient (Wildman–Crippen LogP) is 1.54.